The molecule has 0 aromatic heterocycles. The van der Waals surface area contributed by atoms with Crippen molar-refractivity contribution in [1.82, 2.24) is 0 Å². The molecule has 1 unspecified atom stereocenters. The maximum absolute atomic E-state index is 6.68. The minimum Gasteiger partial charge on any atom is -0.399 e. The average molecular weight is 620 g/mol. The fraction of sp³-hybridized carbons (Fsp3) is 0.349. The van der Waals surface area contributed by atoms with Crippen LogP contribution < -0.4 is 10.4 Å². The SMILES string of the molecule is CC1C=CC2=C(C1)C(C)(C)c1cc(N(c3ccc4c(c3)C(C)(C)c3ccccc3-4)c3ccccc3B3OC(C)(C)C(C)(C)O3)ccc12. The summed E-state index contributed by atoms with van der Waals surface area (Å²) in [5.74, 6) is 0.559. The van der Waals surface area contributed by atoms with Gasteiger partial charge >= 0.3 is 7.12 Å². The minimum atomic E-state index is -0.486. The van der Waals surface area contributed by atoms with Crippen LogP contribution in [0.1, 0.15) is 91.0 Å². The molecule has 3 nitrogen and oxygen atoms in total. The summed E-state index contributed by atoms with van der Waals surface area (Å²) < 4.78 is 13.4. The zero-order valence-corrected chi connectivity index (χ0v) is 29.4. The van der Waals surface area contributed by atoms with Gasteiger partial charge < -0.3 is 14.2 Å². The smallest absolute Gasteiger partial charge is 0.399 e. The summed E-state index contributed by atoms with van der Waals surface area (Å²) in [6.07, 6.45) is 5.84. The summed E-state index contributed by atoms with van der Waals surface area (Å²) in [5, 5.41) is 0. The molecule has 1 aliphatic heterocycles. The molecule has 8 rings (SSSR count). The second kappa shape index (κ2) is 10.1. The van der Waals surface area contributed by atoms with E-state index in [2.05, 4.69) is 164 Å². The van der Waals surface area contributed by atoms with Gasteiger partial charge in [-0.1, -0.05) is 107 Å². The summed E-state index contributed by atoms with van der Waals surface area (Å²) in [6, 6.07) is 31.6. The summed E-state index contributed by atoms with van der Waals surface area (Å²) in [7, 11) is -0.486. The van der Waals surface area contributed by atoms with Crippen LogP contribution in [0.25, 0.3) is 16.7 Å². The van der Waals surface area contributed by atoms with E-state index >= 15 is 0 Å². The molecule has 238 valence electrons. The first-order valence-corrected chi connectivity index (χ1v) is 17.3. The molecule has 3 aliphatic carbocycles. The highest BCUT2D eigenvalue weighted by molar-refractivity contribution is 6.64. The summed E-state index contributed by atoms with van der Waals surface area (Å²) >= 11 is 0. The zero-order chi connectivity index (χ0) is 33.1. The molecule has 4 aromatic rings. The van der Waals surface area contributed by atoms with Crippen LogP contribution in [0, 0.1) is 5.92 Å². The molecule has 0 saturated carbocycles. The van der Waals surface area contributed by atoms with Gasteiger partial charge in [0.05, 0.1) is 11.2 Å². The Labute approximate surface area is 281 Å². The Balaban J connectivity index is 1.32. The van der Waals surface area contributed by atoms with Crippen LogP contribution in [-0.2, 0) is 20.1 Å². The van der Waals surface area contributed by atoms with E-state index in [1.54, 1.807) is 5.57 Å². The number of para-hydroxylation sites is 1. The van der Waals surface area contributed by atoms with Crippen molar-refractivity contribution < 1.29 is 9.31 Å². The lowest BCUT2D eigenvalue weighted by Crippen LogP contribution is -2.41. The number of nitrogens with zero attached hydrogens (tertiary/aromatic N) is 1. The molecule has 0 bridgehead atoms. The quantitative estimate of drug-likeness (QED) is 0.212. The Kier molecular flexibility index (Phi) is 6.53. The molecule has 4 aliphatic rings. The van der Waals surface area contributed by atoms with Gasteiger partial charge in [-0.3, -0.25) is 0 Å². The molecular weight excluding hydrogens is 573 g/mol. The number of fused-ring (bicyclic) bond motifs is 5. The van der Waals surface area contributed by atoms with Crippen molar-refractivity contribution >= 4 is 35.2 Å². The number of benzene rings is 4. The molecule has 0 N–H and O–H groups in total. The van der Waals surface area contributed by atoms with Crippen LogP contribution >= 0.6 is 0 Å². The largest absolute Gasteiger partial charge is 0.496 e. The number of allylic oxidation sites excluding steroid dienone is 4. The minimum absolute atomic E-state index is 0.0435. The van der Waals surface area contributed by atoms with E-state index in [9.17, 15) is 0 Å². The average Bonchev–Trinajstić information content (AvgIpc) is 3.50. The summed E-state index contributed by atoms with van der Waals surface area (Å²) in [5.41, 5.74) is 14.5. The van der Waals surface area contributed by atoms with Crippen molar-refractivity contribution in [2.45, 2.75) is 90.8 Å². The lowest BCUT2D eigenvalue weighted by molar-refractivity contribution is 0.00578. The van der Waals surface area contributed by atoms with Crippen molar-refractivity contribution in [2.24, 2.45) is 5.92 Å². The van der Waals surface area contributed by atoms with Crippen LogP contribution in [0.2, 0.25) is 0 Å². The molecule has 4 heteroatoms. The van der Waals surface area contributed by atoms with Crippen LogP contribution in [0.3, 0.4) is 0 Å². The van der Waals surface area contributed by atoms with Crippen molar-refractivity contribution in [3.8, 4) is 11.1 Å². The number of hydrogen-bond donors (Lipinski definition) is 0. The molecule has 0 amide bonds. The Bertz CT molecular complexity index is 2000. The highest BCUT2D eigenvalue weighted by atomic mass is 16.7. The Morgan fingerprint density at radius 2 is 1.21 bits per heavy atom. The summed E-state index contributed by atoms with van der Waals surface area (Å²) in [4.78, 5) is 2.44. The molecule has 4 aromatic carbocycles. The van der Waals surface area contributed by atoms with Crippen LogP contribution in [0.5, 0.6) is 0 Å². The number of hydrogen-bond acceptors (Lipinski definition) is 3. The normalized spacial score (nSPS) is 22.1. The van der Waals surface area contributed by atoms with Crippen LogP contribution in [0.4, 0.5) is 17.1 Å². The van der Waals surface area contributed by atoms with Crippen LogP contribution in [0.15, 0.2) is 103 Å². The van der Waals surface area contributed by atoms with Crippen molar-refractivity contribution in [2.75, 3.05) is 4.90 Å². The van der Waals surface area contributed by atoms with E-state index in [0.717, 1.165) is 28.9 Å². The predicted molar refractivity (Wildman–Crippen MR) is 197 cm³/mol. The topological polar surface area (TPSA) is 21.7 Å². The lowest BCUT2D eigenvalue weighted by Gasteiger charge is -2.32. The van der Waals surface area contributed by atoms with Crippen molar-refractivity contribution in [3.63, 3.8) is 0 Å². The highest BCUT2D eigenvalue weighted by Crippen LogP contribution is 2.54. The maximum atomic E-state index is 6.68. The van der Waals surface area contributed by atoms with E-state index < -0.39 is 18.3 Å². The van der Waals surface area contributed by atoms with Gasteiger partial charge in [-0.25, -0.2) is 0 Å². The Morgan fingerprint density at radius 1 is 0.638 bits per heavy atom. The standard InChI is InChI=1S/C43H46BNO2/c1-27-18-21-31-33-23-20-29(26-37(33)41(4,5)35(31)24-27)45(39-17-13-12-16-38(39)44-46-42(6,7)43(8,9)47-44)28-19-22-32-30-14-10-11-15-34(30)40(2,3)36(32)25-28/h10-23,25-27H,24H2,1-9H3. The Morgan fingerprint density at radius 3 is 1.91 bits per heavy atom. The first kappa shape index (κ1) is 30.5. The van der Waals surface area contributed by atoms with Crippen molar-refractivity contribution in [1.29, 1.82) is 0 Å². The van der Waals surface area contributed by atoms with Crippen molar-refractivity contribution in [3.05, 3.63) is 125 Å². The fourth-order valence-electron chi connectivity index (χ4n) is 8.41. The third kappa shape index (κ3) is 4.41. The zero-order valence-electron chi connectivity index (χ0n) is 29.4. The number of anilines is 3. The first-order chi connectivity index (χ1) is 22.2. The monoisotopic (exact) mass is 619 g/mol. The van der Waals surface area contributed by atoms with Gasteiger partial charge in [-0.2, -0.15) is 0 Å². The third-order valence-electron chi connectivity index (χ3n) is 11.9. The molecule has 0 radical (unpaired) electrons. The molecule has 1 atom stereocenters. The summed E-state index contributed by atoms with van der Waals surface area (Å²) in [6.45, 7) is 20.3. The maximum Gasteiger partial charge on any atom is 0.496 e. The molecule has 1 fully saturated rings. The molecule has 47 heavy (non-hydrogen) atoms. The Hall–Kier alpha value is -3.86. The predicted octanol–water partition coefficient (Wildman–Crippen LogP) is 10.4. The highest BCUT2D eigenvalue weighted by Gasteiger charge is 2.52. The van der Waals surface area contributed by atoms with Gasteiger partial charge in [0.25, 0.3) is 0 Å². The fourth-order valence-corrected chi connectivity index (χ4v) is 8.41. The molecule has 1 heterocycles. The van der Waals surface area contributed by atoms with Gasteiger partial charge in [0.2, 0.25) is 0 Å². The molecular formula is C43H46BNO2. The number of rotatable bonds is 4. The van der Waals surface area contributed by atoms with Gasteiger partial charge in [0, 0.05) is 33.4 Å². The second-order valence-electron chi connectivity index (χ2n) is 16.2. The van der Waals surface area contributed by atoms with Gasteiger partial charge in [-0.15, -0.1) is 0 Å². The van der Waals surface area contributed by atoms with Crippen LogP contribution in [-0.4, -0.2) is 18.3 Å². The van der Waals surface area contributed by atoms with Gasteiger partial charge in [-0.05, 0) is 109 Å². The van der Waals surface area contributed by atoms with E-state index in [1.807, 2.05) is 0 Å². The second-order valence-corrected chi connectivity index (χ2v) is 16.2. The van der Waals surface area contributed by atoms with E-state index in [0.29, 0.717) is 5.92 Å². The van der Waals surface area contributed by atoms with E-state index in [-0.39, 0.29) is 10.8 Å². The molecule has 0 spiro atoms. The van der Waals surface area contributed by atoms with Gasteiger partial charge in [0.15, 0.2) is 0 Å². The van der Waals surface area contributed by atoms with E-state index in [4.69, 9.17) is 9.31 Å². The third-order valence-corrected chi connectivity index (χ3v) is 11.9. The van der Waals surface area contributed by atoms with Gasteiger partial charge in [0.1, 0.15) is 0 Å². The van der Waals surface area contributed by atoms with E-state index in [1.165, 1.54) is 39.0 Å². The first-order valence-electron chi connectivity index (χ1n) is 17.3. The lowest BCUT2D eigenvalue weighted by atomic mass is 9.76. The molecule has 1 saturated heterocycles.